The molecule has 0 fully saturated rings. The minimum absolute atomic E-state index is 0.194. The van der Waals surface area contributed by atoms with Gasteiger partial charge >= 0.3 is 17.9 Å². The Kier molecular flexibility index (Phi) is 5.29. The third kappa shape index (κ3) is 3.73. The summed E-state index contributed by atoms with van der Waals surface area (Å²) in [6.07, 6.45) is -2.02. The van der Waals surface area contributed by atoms with Crippen LogP contribution in [0.3, 0.4) is 0 Å². The summed E-state index contributed by atoms with van der Waals surface area (Å²) in [5.41, 5.74) is 5.24. The molecule has 0 heterocycles. The van der Waals surface area contributed by atoms with Crippen LogP contribution in [-0.4, -0.2) is 36.6 Å². The van der Waals surface area contributed by atoms with Crippen LogP contribution in [0.4, 0.5) is 8.78 Å². The number of carbonyl (C=O) groups excluding carboxylic acids is 2. The molecule has 0 spiro atoms. The Labute approximate surface area is 91.9 Å². The molecule has 0 aromatic rings. The average Bonchev–Trinajstić information content (AvgIpc) is 2.13. The van der Waals surface area contributed by atoms with Crippen molar-refractivity contribution in [2.24, 2.45) is 5.73 Å². The van der Waals surface area contributed by atoms with Crippen molar-refractivity contribution in [1.82, 2.24) is 0 Å². The van der Waals surface area contributed by atoms with Crippen molar-refractivity contribution in [3.63, 3.8) is 0 Å². The van der Waals surface area contributed by atoms with E-state index in [9.17, 15) is 18.4 Å². The molecule has 0 bridgehead atoms. The normalized spacial score (nSPS) is 15.1. The third-order valence-electron chi connectivity index (χ3n) is 1.68. The average molecular weight is 239 g/mol. The second kappa shape index (κ2) is 5.74. The molecule has 2 unspecified atom stereocenters. The SMILES string of the molecule is CCOC(=O)C(F)(F)C(OC(C)=O)C(C)N. The van der Waals surface area contributed by atoms with E-state index in [1.54, 1.807) is 0 Å². The molecule has 94 valence electrons. The molecule has 0 saturated heterocycles. The Morgan fingerprint density at radius 3 is 2.25 bits per heavy atom. The van der Waals surface area contributed by atoms with Gasteiger partial charge in [0.2, 0.25) is 0 Å². The van der Waals surface area contributed by atoms with E-state index in [0.717, 1.165) is 6.92 Å². The molecular weight excluding hydrogens is 224 g/mol. The highest BCUT2D eigenvalue weighted by molar-refractivity contribution is 5.79. The number of ether oxygens (including phenoxy) is 2. The summed E-state index contributed by atoms with van der Waals surface area (Å²) in [5.74, 6) is -6.64. The monoisotopic (exact) mass is 239 g/mol. The molecule has 2 atom stereocenters. The molecule has 0 aliphatic rings. The van der Waals surface area contributed by atoms with Gasteiger partial charge in [-0.2, -0.15) is 8.78 Å². The summed E-state index contributed by atoms with van der Waals surface area (Å²) in [7, 11) is 0. The van der Waals surface area contributed by atoms with Gasteiger partial charge in [-0.3, -0.25) is 4.79 Å². The van der Waals surface area contributed by atoms with Crippen molar-refractivity contribution in [3.8, 4) is 0 Å². The topological polar surface area (TPSA) is 78.6 Å². The van der Waals surface area contributed by atoms with Crippen LogP contribution in [-0.2, 0) is 19.1 Å². The number of hydrogen-bond donors (Lipinski definition) is 1. The highest BCUT2D eigenvalue weighted by atomic mass is 19.3. The molecule has 5 nitrogen and oxygen atoms in total. The number of rotatable bonds is 5. The predicted molar refractivity (Wildman–Crippen MR) is 50.8 cm³/mol. The first-order valence-corrected chi connectivity index (χ1v) is 4.71. The van der Waals surface area contributed by atoms with E-state index in [1.165, 1.54) is 13.8 Å². The molecule has 2 N–H and O–H groups in total. The quantitative estimate of drug-likeness (QED) is 0.705. The van der Waals surface area contributed by atoms with E-state index >= 15 is 0 Å². The first kappa shape index (κ1) is 14.8. The van der Waals surface area contributed by atoms with Gasteiger partial charge in [0.1, 0.15) is 0 Å². The Bertz CT molecular complexity index is 268. The van der Waals surface area contributed by atoms with Gasteiger partial charge in [0.25, 0.3) is 0 Å². The van der Waals surface area contributed by atoms with Crippen molar-refractivity contribution in [3.05, 3.63) is 0 Å². The highest BCUT2D eigenvalue weighted by Gasteiger charge is 2.52. The second-order valence-electron chi connectivity index (χ2n) is 3.23. The van der Waals surface area contributed by atoms with Crippen molar-refractivity contribution < 1.29 is 27.8 Å². The van der Waals surface area contributed by atoms with E-state index in [4.69, 9.17) is 5.73 Å². The van der Waals surface area contributed by atoms with Gasteiger partial charge < -0.3 is 15.2 Å². The molecule has 7 heteroatoms. The Morgan fingerprint density at radius 2 is 1.94 bits per heavy atom. The fourth-order valence-corrected chi connectivity index (χ4v) is 1.03. The van der Waals surface area contributed by atoms with Gasteiger partial charge in [0.15, 0.2) is 6.10 Å². The number of hydrogen-bond acceptors (Lipinski definition) is 5. The molecule has 0 saturated carbocycles. The molecule has 0 aliphatic heterocycles. The zero-order valence-electron chi connectivity index (χ0n) is 9.33. The van der Waals surface area contributed by atoms with E-state index in [-0.39, 0.29) is 6.61 Å². The number of esters is 2. The molecule has 0 radical (unpaired) electrons. The second-order valence-corrected chi connectivity index (χ2v) is 3.23. The molecule has 0 amide bonds. The van der Waals surface area contributed by atoms with Gasteiger partial charge in [-0.25, -0.2) is 4.79 Å². The van der Waals surface area contributed by atoms with Crippen LogP contribution in [0.2, 0.25) is 0 Å². The first-order valence-electron chi connectivity index (χ1n) is 4.71. The van der Waals surface area contributed by atoms with Crippen molar-refractivity contribution in [2.45, 2.75) is 38.8 Å². The standard InChI is InChI=1S/C9H15F2NO4/c1-4-15-8(14)9(10,11)7(5(2)12)16-6(3)13/h5,7H,4,12H2,1-3H3. The summed E-state index contributed by atoms with van der Waals surface area (Å²) in [5, 5.41) is 0. The van der Waals surface area contributed by atoms with Gasteiger partial charge in [-0.1, -0.05) is 0 Å². The van der Waals surface area contributed by atoms with Crippen molar-refractivity contribution >= 4 is 11.9 Å². The predicted octanol–water partition coefficient (Wildman–Crippen LogP) is 0.464. The van der Waals surface area contributed by atoms with Crippen LogP contribution < -0.4 is 5.73 Å². The minimum atomic E-state index is -3.95. The fourth-order valence-electron chi connectivity index (χ4n) is 1.03. The van der Waals surface area contributed by atoms with Crippen LogP contribution in [0.5, 0.6) is 0 Å². The van der Waals surface area contributed by atoms with Gasteiger partial charge in [-0.15, -0.1) is 0 Å². The molecule has 0 aromatic heterocycles. The Balaban J connectivity index is 4.87. The van der Waals surface area contributed by atoms with Gasteiger partial charge in [0.05, 0.1) is 6.61 Å². The number of carbonyl (C=O) groups is 2. The third-order valence-corrected chi connectivity index (χ3v) is 1.68. The maximum atomic E-state index is 13.4. The molecule has 0 rings (SSSR count). The minimum Gasteiger partial charge on any atom is -0.461 e. The van der Waals surface area contributed by atoms with Crippen LogP contribution in [0.15, 0.2) is 0 Å². The van der Waals surface area contributed by atoms with E-state index in [0.29, 0.717) is 0 Å². The molecule has 0 aliphatic carbocycles. The molecule has 0 aromatic carbocycles. The first-order chi connectivity index (χ1) is 7.23. The smallest absolute Gasteiger partial charge is 0.381 e. The summed E-state index contributed by atoms with van der Waals surface area (Å²) >= 11 is 0. The van der Waals surface area contributed by atoms with E-state index in [2.05, 4.69) is 9.47 Å². The summed E-state index contributed by atoms with van der Waals surface area (Å²) in [6.45, 7) is 3.36. The fraction of sp³-hybridized carbons (Fsp3) is 0.778. The maximum Gasteiger partial charge on any atom is 0.381 e. The summed E-state index contributed by atoms with van der Waals surface area (Å²) in [4.78, 5) is 21.6. The highest BCUT2D eigenvalue weighted by Crippen LogP contribution is 2.25. The Hall–Kier alpha value is -1.24. The summed E-state index contributed by atoms with van der Waals surface area (Å²) in [6, 6.07) is -1.19. The largest absolute Gasteiger partial charge is 0.461 e. The van der Waals surface area contributed by atoms with Crippen LogP contribution in [0.1, 0.15) is 20.8 Å². The van der Waals surface area contributed by atoms with E-state index in [1.807, 2.05) is 0 Å². The zero-order valence-corrected chi connectivity index (χ0v) is 9.33. The number of alkyl halides is 2. The van der Waals surface area contributed by atoms with Crippen LogP contribution in [0.25, 0.3) is 0 Å². The van der Waals surface area contributed by atoms with Gasteiger partial charge in [0, 0.05) is 13.0 Å². The summed E-state index contributed by atoms with van der Waals surface area (Å²) < 4.78 is 35.4. The van der Waals surface area contributed by atoms with Crippen molar-refractivity contribution in [1.29, 1.82) is 0 Å². The van der Waals surface area contributed by atoms with Crippen LogP contribution >= 0.6 is 0 Å². The van der Waals surface area contributed by atoms with E-state index < -0.39 is 30.0 Å². The lowest BCUT2D eigenvalue weighted by molar-refractivity contribution is -0.199. The molecule has 16 heavy (non-hydrogen) atoms. The maximum absolute atomic E-state index is 13.4. The molecular formula is C9H15F2NO4. The zero-order chi connectivity index (χ0) is 12.9. The number of halogens is 2. The lowest BCUT2D eigenvalue weighted by Crippen LogP contribution is -2.53. The van der Waals surface area contributed by atoms with Crippen LogP contribution in [0, 0.1) is 0 Å². The number of nitrogens with two attached hydrogens (primary N) is 1. The van der Waals surface area contributed by atoms with Gasteiger partial charge in [-0.05, 0) is 13.8 Å². The Morgan fingerprint density at radius 1 is 1.44 bits per heavy atom. The lowest BCUT2D eigenvalue weighted by Gasteiger charge is -2.27. The van der Waals surface area contributed by atoms with Crippen molar-refractivity contribution in [2.75, 3.05) is 6.61 Å². The lowest BCUT2D eigenvalue weighted by atomic mass is 10.1.